The van der Waals surface area contributed by atoms with Crippen LogP contribution in [0.2, 0.25) is 0 Å². The molecule has 2 amide bonds. The van der Waals surface area contributed by atoms with Gasteiger partial charge in [-0.15, -0.1) is 0 Å². The summed E-state index contributed by atoms with van der Waals surface area (Å²) in [5.74, 6) is 0.744. The monoisotopic (exact) mass is 295 g/mol. The maximum Gasteiger partial charge on any atom is 0.225 e. The van der Waals surface area contributed by atoms with Gasteiger partial charge in [0.2, 0.25) is 11.8 Å². The number of amides is 2. The summed E-state index contributed by atoms with van der Waals surface area (Å²) in [4.78, 5) is 28.2. The SMILES string of the molecule is CC(C)N1C[C@H](C(=O)NCCN2CCC[C@H](C)C2)CC1=O. The topological polar surface area (TPSA) is 52.7 Å². The molecular weight excluding hydrogens is 266 g/mol. The number of carbonyl (C=O) groups excluding carboxylic acids is 2. The van der Waals surface area contributed by atoms with Gasteiger partial charge >= 0.3 is 0 Å². The van der Waals surface area contributed by atoms with Crippen LogP contribution in [0.15, 0.2) is 0 Å². The Morgan fingerprint density at radius 3 is 2.76 bits per heavy atom. The fourth-order valence-electron chi connectivity index (χ4n) is 3.38. The van der Waals surface area contributed by atoms with E-state index in [1.165, 1.54) is 12.8 Å². The minimum Gasteiger partial charge on any atom is -0.355 e. The third kappa shape index (κ3) is 4.43. The van der Waals surface area contributed by atoms with Gasteiger partial charge in [-0.25, -0.2) is 0 Å². The first-order chi connectivity index (χ1) is 9.97. The number of rotatable bonds is 5. The van der Waals surface area contributed by atoms with Crippen molar-refractivity contribution in [2.75, 3.05) is 32.7 Å². The second kappa shape index (κ2) is 7.25. The highest BCUT2D eigenvalue weighted by Crippen LogP contribution is 2.20. The van der Waals surface area contributed by atoms with Gasteiger partial charge in [0.15, 0.2) is 0 Å². The molecule has 2 saturated heterocycles. The molecule has 2 atom stereocenters. The van der Waals surface area contributed by atoms with Crippen molar-refractivity contribution in [2.24, 2.45) is 11.8 Å². The fraction of sp³-hybridized carbons (Fsp3) is 0.875. The van der Waals surface area contributed by atoms with Crippen molar-refractivity contribution < 1.29 is 9.59 Å². The third-order valence-corrected chi connectivity index (χ3v) is 4.62. The van der Waals surface area contributed by atoms with Gasteiger partial charge < -0.3 is 15.1 Å². The second-order valence-corrected chi connectivity index (χ2v) is 6.88. The lowest BCUT2D eigenvalue weighted by Gasteiger charge is -2.30. The zero-order chi connectivity index (χ0) is 15.4. The van der Waals surface area contributed by atoms with Crippen molar-refractivity contribution >= 4 is 11.8 Å². The van der Waals surface area contributed by atoms with Crippen LogP contribution < -0.4 is 5.32 Å². The van der Waals surface area contributed by atoms with E-state index in [0.29, 0.717) is 19.5 Å². The Morgan fingerprint density at radius 2 is 2.14 bits per heavy atom. The summed E-state index contributed by atoms with van der Waals surface area (Å²) in [6.07, 6.45) is 2.94. The van der Waals surface area contributed by atoms with Crippen LogP contribution in [0.3, 0.4) is 0 Å². The average Bonchev–Trinajstić information content (AvgIpc) is 2.81. The molecule has 0 spiro atoms. The second-order valence-electron chi connectivity index (χ2n) is 6.88. The lowest BCUT2D eigenvalue weighted by molar-refractivity contribution is -0.129. The quantitative estimate of drug-likeness (QED) is 0.826. The van der Waals surface area contributed by atoms with Gasteiger partial charge in [0.25, 0.3) is 0 Å². The molecule has 5 nitrogen and oxygen atoms in total. The van der Waals surface area contributed by atoms with Gasteiger partial charge in [-0.05, 0) is 39.2 Å². The predicted molar refractivity (Wildman–Crippen MR) is 82.8 cm³/mol. The summed E-state index contributed by atoms with van der Waals surface area (Å²) >= 11 is 0. The van der Waals surface area contributed by atoms with Crippen LogP contribution in [0.1, 0.15) is 40.0 Å². The van der Waals surface area contributed by atoms with E-state index in [-0.39, 0.29) is 23.8 Å². The van der Waals surface area contributed by atoms with E-state index in [1.54, 1.807) is 4.90 Å². The first-order valence-electron chi connectivity index (χ1n) is 8.27. The predicted octanol–water partition coefficient (Wildman–Crippen LogP) is 1.09. The zero-order valence-corrected chi connectivity index (χ0v) is 13.6. The number of hydrogen-bond donors (Lipinski definition) is 1. The number of carbonyl (C=O) groups is 2. The first-order valence-corrected chi connectivity index (χ1v) is 8.27. The number of hydrogen-bond acceptors (Lipinski definition) is 3. The van der Waals surface area contributed by atoms with Crippen LogP contribution in [0, 0.1) is 11.8 Å². The molecule has 2 rings (SSSR count). The van der Waals surface area contributed by atoms with Crippen LogP contribution in [0.5, 0.6) is 0 Å². The highest BCUT2D eigenvalue weighted by molar-refractivity contribution is 5.89. The molecule has 1 N–H and O–H groups in total. The largest absolute Gasteiger partial charge is 0.355 e. The Morgan fingerprint density at radius 1 is 1.38 bits per heavy atom. The molecule has 0 unspecified atom stereocenters. The van der Waals surface area contributed by atoms with Gasteiger partial charge in [0.05, 0.1) is 5.92 Å². The highest BCUT2D eigenvalue weighted by atomic mass is 16.2. The maximum atomic E-state index is 12.2. The van der Waals surface area contributed by atoms with Gasteiger partial charge in [-0.1, -0.05) is 6.92 Å². The van der Waals surface area contributed by atoms with Crippen molar-refractivity contribution in [3.8, 4) is 0 Å². The smallest absolute Gasteiger partial charge is 0.225 e. The third-order valence-electron chi connectivity index (χ3n) is 4.62. The van der Waals surface area contributed by atoms with Crippen LogP contribution in [0.4, 0.5) is 0 Å². The van der Waals surface area contributed by atoms with E-state index in [9.17, 15) is 9.59 Å². The summed E-state index contributed by atoms with van der Waals surface area (Å²) in [6, 6.07) is 0.185. The molecule has 2 heterocycles. The lowest BCUT2D eigenvalue weighted by atomic mass is 10.0. The Balaban J connectivity index is 1.69. The van der Waals surface area contributed by atoms with E-state index >= 15 is 0 Å². The molecule has 2 aliphatic rings. The Labute approximate surface area is 128 Å². The number of nitrogens with zero attached hydrogens (tertiary/aromatic N) is 2. The standard InChI is InChI=1S/C16H29N3O2/c1-12(2)19-11-14(9-15(19)20)16(21)17-6-8-18-7-4-5-13(3)10-18/h12-14H,4-11H2,1-3H3,(H,17,21)/t13-,14+/m0/s1. The first kappa shape index (κ1) is 16.3. The van der Waals surface area contributed by atoms with Crippen molar-refractivity contribution in [2.45, 2.75) is 46.1 Å². The van der Waals surface area contributed by atoms with E-state index in [1.807, 2.05) is 13.8 Å². The molecule has 0 radical (unpaired) electrons. The van der Waals surface area contributed by atoms with Crippen LogP contribution in [-0.2, 0) is 9.59 Å². The molecule has 21 heavy (non-hydrogen) atoms. The van der Waals surface area contributed by atoms with Crippen molar-refractivity contribution in [3.63, 3.8) is 0 Å². The van der Waals surface area contributed by atoms with Crippen molar-refractivity contribution in [1.82, 2.24) is 15.1 Å². The van der Waals surface area contributed by atoms with Crippen LogP contribution in [-0.4, -0.2) is 60.4 Å². The maximum absolute atomic E-state index is 12.2. The molecular formula is C16H29N3O2. The fourth-order valence-corrected chi connectivity index (χ4v) is 3.38. The number of nitrogens with one attached hydrogen (secondary N) is 1. The van der Waals surface area contributed by atoms with Crippen LogP contribution >= 0.6 is 0 Å². The molecule has 0 aromatic heterocycles. The normalized spacial score (nSPS) is 27.4. The summed E-state index contributed by atoms with van der Waals surface area (Å²) < 4.78 is 0. The average molecular weight is 295 g/mol. The molecule has 0 bridgehead atoms. The Kier molecular flexibility index (Phi) is 5.62. The molecule has 5 heteroatoms. The molecule has 2 aliphatic heterocycles. The summed E-state index contributed by atoms with van der Waals surface area (Å²) in [5.41, 5.74) is 0. The molecule has 0 aromatic carbocycles. The number of likely N-dealkylation sites (tertiary alicyclic amines) is 2. The zero-order valence-electron chi connectivity index (χ0n) is 13.6. The van der Waals surface area contributed by atoms with E-state index < -0.39 is 0 Å². The molecule has 0 aromatic rings. The number of piperidine rings is 1. The van der Waals surface area contributed by atoms with E-state index in [4.69, 9.17) is 0 Å². The van der Waals surface area contributed by atoms with Gasteiger partial charge in [0.1, 0.15) is 0 Å². The molecule has 2 fully saturated rings. The molecule has 0 aliphatic carbocycles. The summed E-state index contributed by atoms with van der Waals surface area (Å²) in [6.45, 7) is 10.7. The molecule has 120 valence electrons. The summed E-state index contributed by atoms with van der Waals surface area (Å²) in [7, 11) is 0. The molecule has 0 saturated carbocycles. The van der Waals surface area contributed by atoms with Gasteiger partial charge in [0, 0.05) is 38.6 Å². The Bertz CT molecular complexity index is 384. The highest BCUT2D eigenvalue weighted by Gasteiger charge is 2.35. The lowest BCUT2D eigenvalue weighted by Crippen LogP contribution is -2.42. The summed E-state index contributed by atoms with van der Waals surface area (Å²) in [5, 5.41) is 3.01. The van der Waals surface area contributed by atoms with Crippen molar-refractivity contribution in [1.29, 1.82) is 0 Å². The van der Waals surface area contributed by atoms with E-state index in [0.717, 1.165) is 25.6 Å². The minimum absolute atomic E-state index is 0.0385. The van der Waals surface area contributed by atoms with Crippen molar-refractivity contribution in [3.05, 3.63) is 0 Å². The Hall–Kier alpha value is -1.10. The van der Waals surface area contributed by atoms with Gasteiger partial charge in [-0.2, -0.15) is 0 Å². The minimum atomic E-state index is -0.167. The van der Waals surface area contributed by atoms with Gasteiger partial charge in [-0.3, -0.25) is 9.59 Å². The van der Waals surface area contributed by atoms with Crippen LogP contribution in [0.25, 0.3) is 0 Å². The van der Waals surface area contributed by atoms with E-state index in [2.05, 4.69) is 17.1 Å².